The van der Waals surface area contributed by atoms with Crippen LogP contribution in [0.15, 0.2) is 42.7 Å². The Labute approximate surface area is 145 Å². The normalized spacial score (nSPS) is 15.0. The molecule has 2 amide bonds. The van der Waals surface area contributed by atoms with Gasteiger partial charge in [0.15, 0.2) is 11.5 Å². The van der Waals surface area contributed by atoms with Gasteiger partial charge in [0.1, 0.15) is 0 Å². The molecule has 25 heavy (non-hydrogen) atoms. The lowest BCUT2D eigenvalue weighted by Gasteiger charge is -2.34. The van der Waals surface area contributed by atoms with Crippen LogP contribution < -0.4 is 11.1 Å². The quantitative estimate of drug-likeness (QED) is 0.838. The van der Waals surface area contributed by atoms with Gasteiger partial charge in [-0.1, -0.05) is 18.2 Å². The molecule has 1 aromatic heterocycles. The number of amides is 2. The zero-order chi connectivity index (χ0) is 17.6. The maximum absolute atomic E-state index is 12.4. The van der Waals surface area contributed by atoms with Gasteiger partial charge in [-0.3, -0.25) is 14.5 Å². The van der Waals surface area contributed by atoms with Crippen molar-refractivity contribution in [3.05, 3.63) is 48.4 Å². The smallest absolute Gasteiger partial charge is 0.276 e. The van der Waals surface area contributed by atoms with E-state index in [0.29, 0.717) is 32.7 Å². The number of rotatable bonds is 4. The van der Waals surface area contributed by atoms with Crippen molar-refractivity contribution in [3.63, 3.8) is 0 Å². The van der Waals surface area contributed by atoms with Crippen molar-refractivity contribution in [2.24, 2.45) is 0 Å². The van der Waals surface area contributed by atoms with E-state index in [4.69, 9.17) is 5.73 Å². The summed E-state index contributed by atoms with van der Waals surface area (Å²) in [6, 6.07) is 9.34. The zero-order valence-corrected chi connectivity index (χ0v) is 13.8. The largest absolute Gasteiger partial charge is 0.382 e. The Balaban J connectivity index is 1.49. The van der Waals surface area contributed by atoms with Gasteiger partial charge in [0, 0.05) is 44.3 Å². The Morgan fingerprint density at radius 3 is 2.40 bits per heavy atom. The average molecular weight is 340 g/mol. The Kier molecular flexibility index (Phi) is 5.20. The number of nitrogen functional groups attached to an aromatic ring is 1. The molecule has 8 nitrogen and oxygen atoms in total. The lowest BCUT2D eigenvalue weighted by molar-refractivity contribution is -0.117. The highest BCUT2D eigenvalue weighted by molar-refractivity contribution is 5.96. The van der Waals surface area contributed by atoms with Crippen molar-refractivity contribution in [1.29, 1.82) is 0 Å². The summed E-state index contributed by atoms with van der Waals surface area (Å²) in [6.07, 6.45) is 2.91. The van der Waals surface area contributed by atoms with Gasteiger partial charge in [-0.05, 0) is 12.1 Å². The number of nitrogens with one attached hydrogen (secondary N) is 1. The molecule has 0 saturated carbocycles. The van der Waals surface area contributed by atoms with Crippen LogP contribution in [0, 0.1) is 0 Å². The highest BCUT2D eigenvalue weighted by atomic mass is 16.2. The molecule has 3 N–H and O–H groups in total. The average Bonchev–Trinajstić information content (AvgIpc) is 2.63. The third-order valence-electron chi connectivity index (χ3n) is 4.01. The number of nitrogens with two attached hydrogens (primary N) is 1. The fourth-order valence-corrected chi connectivity index (χ4v) is 2.70. The number of para-hydroxylation sites is 1. The fourth-order valence-electron chi connectivity index (χ4n) is 2.70. The number of nitrogens with zero attached hydrogens (tertiary/aromatic N) is 4. The van der Waals surface area contributed by atoms with Crippen LogP contribution in [-0.4, -0.2) is 64.3 Å². The predicted molar refractivity (Wildman–Crippen MR) is 93.9 cm³/mol. The first-order chi connectivity index (χ1) is 12.1. The van der Waals surface area contributed by atoms with E-state index in [2.05, 4.69) is 15.3 Å². The molecular weight excluding hydrogens is 320 g/mol. The second-order valence-corrected chi connectivity index (χ2v) is 5.77. The Hall–Kier alpha value is -3.00. The molecule has 1 aliphatic heterocycles. The highest BCUT2D eigenvalue weighted by Crippen LogP contribution is 2.11. The first-order valence-electron chi connectivity index (χ1n) is 8.06. The summed E-state index contributed by atoms with van der Waals surface area (Å²) in [4.78, 5) is 36.1. The second-order valence-electron chi connectivity index (χ2n) is 5.77. The summed E-state index contributed by atoms with van der Waals surface area (Å²) >= 11 is 0. The van der Waals surface area contributed by atoms with Gasteiger partial charge in [0.05, 0.1) is 6.54 Å². The van der Waals surface area contributed by atoms with Crippen LogP contribution in [0.2, 0.25) is 0 Å². The Bertz CT molecular complexity index is 744. The molecule has 0 aliphatic carbocycles. The molecular formula is C17H20N6O2. The molecule has 1 aliphatic rings. The molecule has 1 saturated heterocycles. The van der Waals surface area contributed by atoms with Crippen molar-refractivity contribution >= 4 is 23.3 Å². The number of carbonyl (C=O) groups excluding carboxylic acids is 2. The monoisotopic (exact) mass is 340 g/mol. The second kappa shape index (κ2) is 7.71. The molecule has 0 spiro atoms. The van der Waals surface area contributed by atoms with Crippen LogP contribution in [0.3, 0.4) is 0 Å². The van der Waals surface area contributed by atoms with Crippen molar-refractivity contribution in [2.45, 2.75) is 0 Å². The van der Waals surface area contributed by atoms with Gasteiger partial charge in [0.25, 0.3) is 5.91 Å². The molecule has 8 heteroatoms. The number of hydrogen-bond acceptors (Lipinski definition) is 6. The molecule has 3 rings (SSSR count). The minimum absolute atomic E-state index is 0.0656. The van der Waals surface area contributed by atoms with Gasteiger partial charge in [-0.2, -0.15) is 0 Å². The summed E-state index contributed by atoms with van der Waals surface area (Å²) in [6.45, 7) is 2.58. The summed E-state index contributed by atoms with van der Waals surface area (Å²) in [7, 11) is 0. The lowest BCUT2D eigenvalue weighted by atomic mass is 10.2. The number of benzene rings is 1. The Morgan fingerprint density at radius 1 is 1.04 bits per heavy atom. The van der Waals surface area contributed by atoms with Crippen LogP contribution in [0.5, 0.6) is 0 Å². The maximum atomic E-state index is 12.4. The van der Waals surface area contributed by atoms with E-state index in [9.17, 15) is 9.59 Å². The first kappa shape index (κ1) is 16.8. The molecule has 2 heterocycles. The number of carbonyl (C=O) groups is 2. The van der Waals surface area contributed by atoms with Gasteiger partial charge in [-0.15, -0.1) is 0 Å². The summed E-state index contributed by atoms with van der Waals surface area (Å²) in [5.74, 6) is -0.152. The van der Waals surface area contributed by atoms with Crippen molar-refractivity contribution < 1.29 is 9.59 Å². The van der Waals surface area contributed by atoms with Crippen molar-refractivity contribution in [2.75, 3.05) is 43.8 Å². The lowest BCUT2D eigenvalue weighted by Crippen LogP contribution is -2.50. The molecule has 1 aromatic carbocycles. The topological polar surface area (TPSA) is 104 Å². The van der Waals surface area contributed by atoms with Crippen LogP contribution in [0.25, 0.3) is 0 Å². The molecule has 0 radical (unpaired) electrons. The standard InChI is InChI=1S/C17H20N6O2/c18-16-15(19-6-7-20-16)17(25)23-10-8-22(9-11-23)12-14(24)21-13-4-2-1-3-5-13/h1-7H,8-12H2,(H2,18,20)(H,21,24). The molecule has 2 aromatic rings. The zero-order valence-electron chi connectivity index (χ0n) is 13.8. The van der Waals surface area contributed by atoms with Crippen LogP contribution in [0.1, 0.15) is 10.5 Å². The van der Waals surface area contributed by atoms with E-state index in [1.807, 2.05) is 35.2 Å². The number of anilines is 2. The predicted octanol–water partition coefficient (Wildman–Crippen LogP) is 0.455. The van der Waals surface area contributed by atoms with Gasteiger partial charge < -0.3 is 16.0 Å². The van der Waals surface area contributed by atoms with Crippen LogP contribution >= 0.6 is 0 Å². The van der Waals surface area contributed by atoms with E-state index in [-0.39, 0.29) is 23.3 Å². The molecule has 0 bridgehead atoms. The highest BCUT2D eigenvalue weighted by Gasteiger charge is 2.25. The SMILES string of the molecule is Nc1nccnc1C(=O)N1CCN(CC(=O)Nc2ccccc2)CC1. The third kappa shape index (κ3) is 4.30. The van der Waals surface area contributed by atoms with Gasteiger partial charge in [-0.25, -0.2) is 9.97 Å². The fraction of sp³-hybridized carbons (Fsp3) is 0.294. The van der Waals surface area contributed by atoms with Crippen LogP contribution in [0.4, 0.5) is 11.5 Å². The van der Waals surface area contributed by atoms with E-state index in [0.717, 1.165) is 5.69 Å². The maximum Gasteiger partial charge on any atom is 0.276 e. The number of aromatic nitrogens is 2. The summed E-state index contributed by atoms with van der Waals surface area (Å²) in [5.41, 5.74) is 6.67. The van der Waals surface area contributed by atoms with E-state index in [1.165, 1.54) is 12.4 Å². The van der Waals surface area contributed by atoms with Crippen LogP contribution in [-0.2, 0) is 4.79 Å². The minimum Gasteiger partial charge on any atom is -0.382 e. The first-order valence-corrected chi connectivity index (χ1v) is 8.06. The van der Waals surface area contributed by atoms with Crippen molar-refractivity contribution in [3.8, 4) is 0 Å². The molecule has 0 unspecified atom stereocenters. The van der Waals surface area contributed by atoms with E-state index >= 15 is 0 Å². The Morgan fingerprint density at radius 2 is 1.72 bits per heavy atom. The van der Waals surface area contributed by atoms with E-state index < -0.39 is 0 Å². The van der Waals surface area contributed by atoms with Crippen molar-refractivity contribution in [1.82, 2.24) is 19.8 Å². The summed E-state index contributed by atoms with van der Waals surface area (Å²) < 4.78 is 0. The summed E-state index contributed by atoms with van der Waals surface area (Å²) in [5, 5.41) is 2.86. The van der Waals surface area contributed by atoms with Gasteiger partial charge in [0.2, 0.25) is 5.91 Å². The number of hydrogen-bond donors (Lipinski definition) is 2. The number of piperazine rings is 1. The minimum atomic E-state index is -0.223. The third-order valence-corrected chi connectivity index (χ3v) is 4.01. The molecule has 130 valence electrons. The molecule has 1 fully saturated rings. The molecule has 0 atom stereocenters. The van der Waals surface area contributed by atoms with E-state index in [1.54, 1.807) is 4.90 Å². The van der Waals surface area contributed by atoms with Gasteiger partial charge >= 0.3 is 0 Å².